The molecule has 0 saturated heterocycles. The maximum atomic E-state index is 10.7. The number of nitrogen functional groups attached to an aromatic ring is 1. The van der Waals surface area contributed by atoms with Crippen LogP contribution in [-0.2, 0) is 6.42 Å². The monoisotopic (exact) mass is 194 g/mol. The Hall–Kier alpha value is -1.58. The van der Waals surface area contributed by atoms with Gasteiger partial charge in [-0.1, -0.05) is 13.8 Å². The Kier molecular flexibility index (Phi) is 3.06. The second-order valence-corrected chi connectivity index (χ2v) is 3.68. The van der Waals surface area contributed by atoms with E-state index in [1.54, 1.807) is 6.07 Å². The molecule has 0 aromatic carbocycles. The normalized spacial score (nSPS) is 10.5. The Bertz CT molecular complexity index is 348. The van der Waals surface area contributed by atoms with E-state index >= 15 is 0 Å². The molecule has 3 N–H and O–H groups in total. The van der Waals surface area contributed by atoms with Gasteiger partial charge < -0.3 is 10.8 Å². The highest BCUT2D eigenvalue weighted by atomic mass is 16.4. The quantitative estimate of drug-likeness (QED) is 0.765. The minimum absolute atomic E-state index is 0.202. The van der Waals surface area contributed by atoms with Crippen molar-refractivity contribution in [1.29, 1.82) is 0 Å². The number of carbonyl (C=O) groups is 1. The van der Waals surface area contributed by atoms with Gasteiger partial charge in [0.1, 0.15) is 5.82 Å². The Balaban J connectivity index is 3.01. The zero-order valence-electron chi connectivity index (χ0n) is 8.32. The van der Waals surface area contributed by atoms with E-state index in [0.29, 0.717) is 5.92 Å². The van der Waals surface area contributed by atoms with Crippen LogP contribution in [0.25, 0.3) is 0 Å². The number of aromatic carboxylic acids is 1. The fourth-order valence-corrected chi connectivity index (χ4v) is 1.26. The van der Waals surface area contributed by atoms with Gasteiger partial charge in [-0.05, 0) is 24.5 Å². The molecule has 0 fully saturated rings. The highest BCUT2D eigenvalue weighted by Gasteiger charge is 2.07. The van der Waals surface area contributed by atoms with Gasteiger partial charge in [0.2, 0.25) is 0 Å². The minimum atomic E-state index is -0.968. The first-order valence-electron chi connectivity index (χ1n) is 4.48. The van der Waals surface area contributed by atoms with Crippen LogP contribution in [0.3, 0.4) is 0 Å². The summed E-state index contributed by atoms with van der Waals surface area (Å²) >= 11 is 0. The molecule has 14 heavy (non-hydrogen) atoms. The van der Waals surface area contributed by atoms with Crippen molar-refractivity contribution < 1.29 is 9.90 Å². The smallest absolute Gasteiger partial charge is 0.335 e. The average molecular weight is 194 g/mol. The van der Waals surface area contributed by atoms with E-state index in [1.165, 1.54) is 6.07 Å². The summed E-state index contributed by atoms with van der Waals surface area (Å²) in [4.78, 5) is 14.8. The maximum Gasteiger partial charge on any atom is 0.335 e. The first kappa shape index (κ1) is 10.5. The lowest BCUT2D eigenvalue weighted by atomic mass is 10.1. The lowest BCUT2D eigenvalue weighted by molar-refractivity contribution is 0.0696. The van der Waals surface area contributed by atoms with Crippen LogP contribution in [-0.4, -0.2) is 16.1 Å². The molecule has 0 aliphatic rings. The van der Waals surface area contributed by atoms with Crippen LogP contribution in [0.15, 0.2) is 12.1 Å². The molecule has 0 aliphatic carbocycles. The lowest BCUT2D eigenvalue weighted by Gasteiger charge is -2.06. The van der Waals surface area contributed by atoms with Gasteiger partial charge in [0.05, 0.1) is 5.56 Å². The van der Waals surface area contributed by atoms with Gasteiger partial charge in [-0.15, -0.1) is 0 Å². The molecule has 1 heterocycles. The van der Waals surface area contributed by atoms with Gasteiger partial charge >= 0.3 is 5.97 Å². The molecule has 4 nitrogen and oxygen atoms in total. The van der Waals surface area contributed by atoms with Crippen LogP contribution in [0.1, 0.15) is 29.9 Å². The van der Waals surface area contributed by atoms with Gasteiger partial charge in [0.25, 0.3) is 0 Å². The molecule has 0 amide bonds. The zero-order chi connectivity index (χ0) is 10.7. The second-order valence-electron chi connectivity index (χ2n) is 3.68. The van der Waals surface area contributed by atoms with Crippen LogP contribution in [0, 0.1) is 5.92 Å². The number of carboxylic acids is 1. The number of hydrogen-bond acceptors (Lipinski definition) is 3. The summed E-state index contributed by atoms with van der Waals surface area (Å²) in [5.41, 5.74) is 6.43. The summed E-state index contributed by atoms with van der Waals surface area (Å²) in [6, 6.07) is 2.94. The fraction of sp³-hybridized carbons (Fsp3) is 0.400. The van der Waals surface area contributed by atoms with Crippen molar-refractivity contribution in [3.05, 3.63) is 23.4 Å². The topological polar surface area (TPSA) is 76.2 Å². The molecule has 1 aromatic rings. The number of nitrogens with zero attached hydrogens (tertiary/aromatic N) is 1. The van der Waals surface area contributed by atoms with E-state index in [4.69, 9.17) is 10.8 Å². The number of rotatable bonds is 3. The minimum Gasteiger partial charge on any atom is -0.478 e. The summed E-state index contributed by atoms with van der Waals surface area (Å²) in [7, 11) is 0. The van der Waals surface area contributed by atoms with Crippen molar-refractivity contribution in [2.45, 2.75) is 20.3 Å². The van der Waals surface area contributed by atoms with Gasteiger partial charge in [0, 0.05) is 5.69 Å². The SMILES string of the molecule is CC(C)Cc1cc(C(=O)O)cc(N)n1. The van der Waals surface area contributed by atoms with E-state index < -0.39 is 5.97 Å². The first-order valence-corrected chi connectivity index (χ1v) is 4.48. The largest absolute Gasteiger partial charge is 0.478 e. The summed E-state index contributed by atoms with van der Waals surface area (Å²) in [5, 5.41) is 8.78. The molecule has 0 atom stereocenters. The van der Waals surface area contributed by atoms with Crippen molar-refractivity contribution in [3.8, 4) is 0 Å². The van der Waals surface area contributed by atoms with Gasteiger partial charge in [0.15, 0.2) is 0 Å². The van der Waals surface area contributed by atoms with E-state index in [2.05, 4.69) is 4.98 Å². The number of pyridine rings is 1. The van der Waals surface area contributed by atoms with E-state index in [0.717, 1.165) is 12.1 Å². The van der Waals surface area contributed by atoms with Gasteiger partial charge in [-0.3, -0.25) is 0 Å². The first-order chi connectivity index (χ1) is 6.49. The van der Waals surface area contributed by atoms with E-state index in [1.807, 2.05) is 13.8 Å². The van der Waals surface area contributed by atoms with Crippen LogP contribution < -0.4 is 5.73 Å². The number of carboxylic acid groups (broad SMARTS) is 1. The van der Waals surface area contributed by atoms with Crippen LogP contribution in [0.5, 0.6) is 0 Å². The summed E-state index contributed by atoms with van der Waals surface area (Å²) in [6.45, 7) is 4.09. The number of hydrogen-bond donors (Lipinski definition) is 2. The molecular formula is C10H14N2O2. The Labute approximate surface area is 82.8 Å². The van der Waals surface area contributed by atoms with Crippen molar-refractivity contribution in [3.63, 3.8) is 0 Å². The predicted molar refractivity (Wildman–Crippen MR) is 54.2 cm³/mol. The molecule has 76 valence electrons. The van der Waals surface area contributed by atoms with Gasteiger partial charge in [-0.2, -0.15) is 0 Å². The zero-order valence-corrected chi connectivity index (χ0v) is 8.32. The summed E-state index contributed by atoms with van der Waals surface area (Å²) in [5.74, 6) is -0.268. The van der Waals surface area contributed by atoms with Crippen molar-refractivity contribution in [1.82, 2.24) is 4.98 Å². The van der Waals surface area contributed by atoms with Crippen LogP contribution >= 0.6 is 0 Å². The Morgan fingerprint density at radius 2 is 2.21 bits per heavy atom. The lowest BCUT2D eigenvalue weighted by Crippen LogP contribution is -2.05. The molecule has 4 heteroatoms. The van der Waals surface area contributed by atoms with Crippen molar-refractivity contribution in [2.75, 3.05) is 5.73 Å². The summed E-state index contributed by atoms with van der Waals surface area (Å²) in [6.07, 6.45) is 0.741. The van der Waals surface area contributed by atoms with Gasteiger partial charge in [-0.25, -0.2) is 9.78 Å². The van der Waals surface area contributed by atoms with Crippen LogP contribution in [0.2, 0.25) is 0 Å². The Morgan fingerprint density at radius 1 is 1.57 bits per heavy atom. The second kappa shape index (κ2) is 4.09. The predicted octanol–water partition coefficient (Wildman–Crippen LogP) is 1.56. The fourth-order valence-electron chi connectivity index (χ4n) is 1.26. The molecule has 1 rings (SSSR count). The van der Waals surface area contributed by atoms with Crippen molar-refractivity contribution >= 4 is 11.8 Å². The molecule has 0 saturated carbocycles. The summed E-state index contributed by atoms with van der Waals surface area (Å²) < 4.78 is 0. The van der Waals surface area contributed by atoms with Crippen molar-refractivity contribution in [2.24, 2.45) is 5.92 Å². The van der Waals surface area contributed by atoms with E-state index in [-0.39, 0.29) is 11.4 Å². The highest BCUT2D eigenvalue weighted by molar-refractivity contribution is 5.88. The number of nitrogens with two attached hydrogens (primary N) is 1. The molecule has 0 aliphatic heterocycles. The third-order valence-electron chi connectivity index (χ3n) is 1.76. The third kappa shape index (κ3) is 2.73. The molecular weight excluding hydrogens is 180 g/mol. The molecule has 0 unspecified atom stereocenters. The third-order valence-corrected chi connectivity index (χ3v) is 1.76. The number of anilines is 1. The molecule has 0 radical (unpaired) electrons. The highest BCUT2D eigenvalue weighted by Crippen LogP contribution is 2.11. The van der Waals surface area contributed by atoms with E-state index in [9.17, 15) is 4.79 Å². The molecule has 0 spiro atoms. The maximum absolute atomic E-state index is 10.7. The standard InChI is InChI=1S/C10H14N2O2/c1-6(2)3-8-4-7(10(13)14)5-9(11)12-8/h4-6H,3H2,1-2H3,(H2,11,12)(H,13,14). The average Bonchev–Trinajstić information content (AvgIpc) is 2.01. The Morgan fingerprint density at radius 3 is 2.71 bits per heavy atom. The molecule has 1 aromatic heterocycles. The number of aromatic nitrogens is 1. The molecule has 0 bridgehead atoms. The van der Waals surface area contributed by atoms with Crippen LogP contribution in [0.4, 0.5) is 5.82 Å².